The third-order valence-corrected chi connectivity index (χ3v) is 8.46. The molecule has 4 saturated carbocycles. The van der Waals surface area contributed by atoms with Gasteiger partial charge in [-0.1, -0.05) is 42.1 Å². The van der Waals surface area contributed by atoms with Gasteiger partial charge in [-0.2, -0.15) is 0 Å². The van der Waals surface area contributed by atoms with Crippen LogP contribution in [0.2, 0.25) is 0 Å². The summed E-state index contributed by atoms with van der Waals surface area (Å²) in [7, 11) is 0. The normalized spacial score (nSPS) is 28.2. The van der Waals surface area contributed by atoms with E-state index in [1.165, 1.54) is 32.1 Å². The first-order valence-corrected chi connectivity index (χ1v) is 13.2. The molecule has 5 nitrogen and oxygen atoms in total. The Balaban J connectivity index is 1.42. The summed E-state index contributed by atoms with van der Waals surface area (Å²) in [6.45, 7) is 2.93. The lowest BCUT2D eigenvalue weighted by molar-refractivity contribution is -0.0167. The Kier molecular flexibility index (Phi) is 6.08. The summed E-state index contributed by atoms with van der Waals surface area (Å²) in [4.78, 5) is 26.9. The molecule has 6 heteroatoms. The second kappa shape index (κ2) is 8.85. The van der Waals surface area contributed by atoms with Crippen LogP contribution in [0.3, 0.4) is 0 Å². The molecular weight excluding hydrogens is 466 g/mol. The lowest BCUT2D eigenvalue weighted by atomic mass is 9.53. The molecule has 1 aromatic carbocycles. The highest BCUT2D eigenvalue weighted by molar-refractivity contribution is 9.10. The number of aryl methyl sites for hydroxylation is 1. The molecule has 1 amide bonds. The maximum atomic E-state index is 13.5. The molecule has 0 unspecified atom stereocenters. The SMILES string of the molecule is CCCCCCn1cc(C(=O)NC23CC4CC(CC(C4)C2)C3)c(=O)n1-c1ccc(Br)cc1. The molecule has 32 heavy (non-hydrogen) atoms. The molecule has 0 radical (unpaired) electrons. The van der Waals surface area contributed by atoms with Gasteiger partial charge in [0.25, 0.3) is 11.5 Å². The first kappa shape index (κ1) is 22.0. The van der Waals surface area contributed by atoms with E-state index in [4.69, 9.17) is 0 Å². The molecule has 1 N–H and O–H groups in total. The second-order valence-electron chi connectivity index (χ2n) is 10.5. The minimum Gasteiger partial charge on any atom is -0.346 e. The zero-order valence-corrected chi connectivity index (χ0v) is 20.6. The molecule has 0 aliphatic heterocycles. The third-order valence-electron chi connectivity index (χ3n) is 7.93. The van der Waals surface area contributed by atoms with Crippen molar-refractivity contribution in [1.29, 1.82) is 0 Å². The zero-order chi connectivity index (χ0) is 22.3. The van der Waals surface area contributed by atoms with Gasteiger partial charge in [0.1, 0.15) is 5.56 Å². The number of halogens is 1. The number of hydrogen-bond acceptors (Lipinski definition) is 2. The quantitative estimate of drug-likeness (QED) is 0.474. The molecule has 1 aromatic heterocycles. The highest BCUT2D eigenvalue weighted by Crippen LogP contribution is 2.55. The second-order valence-corrected chi connectivity index (χ2v) is 11.4. The topological polar surface area (TPSA) is 56.0 Å². The molecule has 0 saturated heterocycles. The van der Waals surface area contributed by atoms with Gasteiger partial charge in [0, 0.05) is 22.8 Å². The number of benzene rings is 1. The Hall–Kier alpha value is -1.82. The monoisotopic (exact) mass is 499 g/mol. The van der Waals surface area contributed by atoms with E-state index in [-0.39, 0.29) is 22.6 Å². The summed E-state index contributed by atoms with van der Waals surface area (Å²) in [6, 6.07) is 7.72. The van der Waals surface area contributed by atoms with Gasteiger partial charge in [-0.25, -0.2) is 4.68 Å². The maximum absolute atomic E-state index is 13.5. The average Bonchev–Trinajstić information content (AvgIpc) is 3.07. The van der Waals surface area contributed by atoms with Crippen LogP contribution < -0.4 is 10.9 Å². The molecule has 0 atom stereocenters. The smallest absolute Gasteiger partial charge is 0.284 e. The maximum Gasteiger partial charge on any atom is 0.284 e. The van der Waals surface area contributed by atoms with Crippen LogP contribution in [-0.2, 0) is 6.54 Å². The lowest BCUT2D eigenvalue weighted by Crippen LogP contribution is -2.60. The van der Waals surface area contributed by atoms with Crippen molar-refractivity contribution in [2.45, 2.75) is 83.2 Å². The molecule has 4 aliphatic carbocycles. The number of carbonyl (C=O) groups is 1. The summed E-state index contributed by atoms with van der Waals surface area (Å²) in [6.07, 6.45) is 13.5. The molecule has 1 heterocycles. The average molecular weight is 500 g/mol. The first-order valence-electron chi connectivity index (χ1n) is 12.4. The summed E-state index contributed by atoms with van der Waals surface area (Å²) in [5, 5.41) is 3.39. The fourth-order valence-corrected chi connectivity index (χ4v) is 7.20. The number of hydrogen-bond donors (Lipinski definition) is 1. The number of aromatic nitrogens is 2. The molecule has 6 rings (SSSR count). The van der Waals surface area contributed by atoms with Crippen molar-refractivity contribution in [2.75, 3.05) is 0 Å². The van der Waals surface area contributed by atoms with Crippen molar-refractivity contribution >= 4 is 21.8 Å². The highest BCUT2D eigenvalue weighted by atomic mass is 79.9. The van der Waals surface area contributed by atoms with E-state index in [9.17, 15) is 9.59 Å². The van der Waals surface area contributed by atoms with E-state index >= 15 is 0 Å². The minimum absolute atomic E-state index is 0.0933. The van der Waals surface area contributed by atoms with Crippen LogP contribution in [0.25, 0.3) is 5.69 Å². The Bertz CT molecular complexity index is 1000. The third kappa shape index (κ3) is 4.23. The van der Waals surface area contributed by atoms with Crippen LogP contribution in [0.5, 0.6) is 0 Å². The summed E-state index contributed by atoms with van der Waals surface area (Å²) in [5.74, 6) is 2.08. The highest BCUT2D eigenvalue weighted by Gasteiger charge is 2.51. The number of rotatable bonds is 8. The van der Waals surface area contributed by atoms with Crippen molar-refractivity contribution in [3.8, 4) is 5.69 Å². The zero-order valence-electron chi connectivity index (χ0n) is 19.0. The molecule has 4 fully saturated rings. The standard InChI is InChI=1S/C26H34BrN3O2/c1-2-3-4-5-10-29-17-23(25(32)30(29)22-8-6-21(27)7-9-22)24(31)28-26-14-18-11-19(15-26)13-20(12-18)16-26/h6-9,17-20H,2-5,10-16H2,1H3,(H,28,31). The van der Waals surface area contributed by atoms with Gasteiger partial charge in [-0.05, 0) is 87.0 Å². The van der Waals surface area contributed by atoms with Gasteiger partial charge in [0.05, 0.1) is 5.69 Å². The van der Waals surface area contributed by atoms with E-state index < -0.39 is 0 Å². The largest absolute Gasteiger partial charge is 0.346 e. The number of nitrogens with one attached hydrogen (secondary N) is 1. The number of carbonyl (C=O) groups excluding carboxylic acids is 1. The van der Waals surface area contributed by atoms with Gasteiger partial charge in [0.2, 0.25) is 0 Å². The molecule has 4 aliphatic rings. The molecule has 172 valence electrons. The van der Waals surface area contributed by atoms with Gasteiger partial charge in [-0.15, -0.1) is 0 Å². The van der Waals surface area contributed by atoms with Crippen LogP contribution in [0, 0.1) is 17.8 Å². The van der Waals surface area contributed by atoms with Crippen molar-refractivity contribution in [3.05, 3.63) is 50.9 Å². The predicted molar refractivity (Wildman–Crippen MR) is 130 cm³/mol. The molecular formula is C26H34BrN3O2. The Morgan fingerprint density at radius 1 is 1.03 bits per heavy atom. The molecule has 4 bridgehead atoms. The fraction of sp³-hybridized carbons (Fsp3) is 0.615. The fourth-order valence-electron chi connectivity index (χ4n) is 6.93. The van der Waals surface area contributed by atoms with Crippen molar-refractivity contribution in [2.24, 2.45) is 17.8 Å². The number of unbranched alkanes of at least 4 members (excludes halogenated alkanes) is 3. The van der Waals surface area contributed by atoms with Gasteiger partial charge < -0.3 is 5.32 Å². The van der Waals surface area contributed by atoms with Crippen LogP contribution >= 0.6 is 15.9 Å². The van der Waals surface area contributed by atoms with Crippen molar-refractivity contribution in [3.63, 3.8) is 0 Å². The van der Waals surface area contributed by atoms with Gasteiger partial charge in [0.15, 0.2) is 0 Å². The van der Waals surface area contributed by atoms with Crippen molar-refractivity contribution in [1.82, 2.24) is 14.7 Å². The predicted octanol–water partition coefficient (Wildman–Crippen LogP) is 5.68. The summed E-state index contributed by atoms with van der Waals surface area (Å²) < 4.78 is 4.58. The number of nitrogens with zero attached hydrogens (tertiary/aromatic N) is 2. The van der Waals surface area contributed by atoms with Crippen LogP contribution in [0.1, 0.15) is 81.5 Å². The Labute approximate surface area is 198 Å². The van der Waals surface area contributed by atoms with Crippen molar-refractivity contribution < 1.29 is 4.79 Å². The summed E-state index contributed by atoms with van der Waals surface area (Å²) >= 11 is 3.47. The lowest BCUT2D eigenvalue weighted by Gasteiger charge is -2.56. The first-order chi connectivity index (χ1) is 15.5. The van der Waals surface area contributed by atoms with E-state index in [0.29, 0.717) is 0 Å². The van der Waals surface area contributed by atoms with E-state index in [1.807, 2.05) is 28.9 Å². The number of amides is 1. The molecule has 2 aromatic rings. The van der Waals surface area contributed by atoms with E-state index in [0.717, 1.165) is 66.6 Å². The van der Waals surface area contributed by atoms with E-state index in [1.54, 1.807) is 10.9 Å². The van der Waals surface area contributed by atoms with E-state index in [2.05, 4.69) is 28.2 Å². The Morgan fingerprint density at radius 2 is 1.66 bits per heavy atom. The Morgan fingerprint density at radius 3 is 2.25 bits per heavy atom. The minimum atomic E-state index is -0.218. The van der Waals surface area contributed by atoms with Crippen LogP contribution in [-0.4, -0.2) is 20.8 Å². The van der Waals surface area contributed by atoms with Crippen LogP contribution in [0.4, 0.5) is 0 Å². The summed E-state index contributed by atoms with van der Waals surface area (Å²) in [5.41, 5.74) is 0.760. The van der Waals surface area contributed by atoms with Gasteiger partial charge >= 0.3 is 0 Å². The molecule has 0 spiro atoms. The van der Waals surface area contributed by atoms with Gasteiger partial charge in [-0.3, -0.25) is 14.3 Å². The van der Waals surface area contributed by atoms with Crippen LogP contribution in [0.15, 0.2) is 39.7 Å².